The molecule has 0 spiro atoms. The summed E-state index contributed by atoms with van der Waals surface area (Å²) in [5.41, 5.74) is 0.677. The molecule has 0 atom stereocenters. The predicted octanol–water partition coefficient (Wildman–Crippen LogP) is 2.65. The van der Waals surface area contributed by atoms with Gasteiger partial charge in [0.05, 0.1) is 0 Å². The van der Waals surface area contributed by atoms with E-state index in [0.717, 1.165) is 5.56 Å². The van der Waals surface area contributed by atoms with E-state index in [1.165, 1.54) is 0 Å². The zero-order chi connectivity index (χ0) is 16.8. The number of hydrogen-bond donors (Lipinski definition) is 1. The van der Waals surface area contributed by atoms with E-state index in [1.54, 1.807) is 0 Å². The molecule has 5 nitrogen and oxygen atoms in total. The monoisotopic (exact) mass is 307 g/mol. The van der Waals surface area contributed by atoms with E-state index in [9.17, 15) is 9.59 Å². The van der Waals surface area contributed by atoms with Gasteiger partial charge in [0.15, 0.2) is 13.2 Å². The van der Waals surface area contributed by atoms with E-state index in [2.05, 4.69) is 19.2 Å². The Morgan fingerprint density at radius 3 is 2.36 bits per heavy atom. The number of rotatable bonds is 6. The van der Waals surface area contributed by atoms with Crippen LogP contribution in [-0.4, -0.2) is 30.6 Å². The fourth-order valence-electron chi connectivity index (χ4n) is 1.87. The maximum Gasteiger partial charge on any atom is 0.344 e. The van der Waals surface area contributed by atoms with Crippen molar-refractivity contribution in [1.29, 1.82) is 0 Å². The van der Waals surface area contributed by atoms with E-state index in [0.29, 0.717) is 11.7 Å². The third-order valence-corrected chi connectivity index (χ3v) is 2.77. The van der Waals surface area contributed by atoms with Gasteiger partial charge in [-0.2, -0.15) is 0 Å². The summed E-state index contributed by atoms with van der Waals surface area (Å²) in [5, 5.41) is 2.72. The number of amides is 1. The Bertz CT molecular complexity index is 518. The summed E-state index contributed by atoms with van der Waals surface area (Å²) in [4.78, 5) is 23.2. The highest BCUT2D eigenvalue weighted by Gasteiger charge is 2.16. The van der Waals surface area contributed by atoms with Gasteiger partial charge < -0.3 is 14.8 Å². The Morgan fingerprint density at radius 1 is 1.14 bits per heavy atom. The smallest absolute Gasteiger partial charge is 0.344 e. The number of nitrogens with one attached hydrogen (secondary N) is 1. The molecule has 122 valence electrons. The Morgan fingerprint density at radius 2 is 1.77 bits per heavy atom. The van der Waals surface area contributed by atoms with Crippen LogP contribution in [0.3, 0.4) is 0 Å². The predicted molar refractivity (Wildman–Crippen MR) is 84.9 cm³/mol. The van der Waals surface area contributed by atoms with Crippen molar-refractivity contribution in [2.75, 3.05) is 13.2 Å². The second-order valence-corrected chi connectivity index (χ2v) is 6.44. The average Bonchev–Trinajstić information content (AvgIpc) is 2.41. The van der Waals surface area contributed by atoms with Gasteiger partial charge in [-0.1, -0.05) is 32.0 Å². The van der Waals surface area contributed by atoms with E-state index in [1.807, 2.05) is 45.0 Å². The molecule has 0 unspecified atom stereocenters. The van der Waals surface area contributed by atoms with E-state index < -0.39 is 5.97 Å². The molecule has 0 aliphatic rings. The summed E-state index contributed by atoms with van der Waals surface area (Å²) in [6.07, 6.45) is 0. The topological polar surface area (TPSA) is 64.6 Å². The van der Waals surface area contributed by atoms with Gasteiger partial charge in [-0.3, -0.25) is 4.79 Å². The number of esters is 1. The minimum Gasteiger partial charge on any atom is -0.482 e. The molecule has 0 aliphatic heterocycles. The lowest BCUT2D eigenvalue weighted by Crippen LogP contribution is -2.43. The lowest BCUT2D eigenvalue weighted by atomic mass is 10.0. The molecule has 0 aliphatic carbocycles. The first-order chi connectivity index (χ1) is 10.2. The lowest BCUT2D eigenvalue weighted by Gasteiger charge is -2.20. The second kappa shape index (κ2) is 7.82. The standard InChI is InChI=1S/C17H25NO4/c1-12(2)13-8-6-7-9-14(13)21-11-16(20)22-10-15(19)18-17(3,4)5/h6-9,12H,10-11H2,1-5H3,(H,18,19). The molecule has 0 bridgehead atoms. The summed E-state index contributed by atoms with van der Waals surface area (Å²) < 4.78 is 10.4. The van der Waals surface area contributed by atoms with Crippen LogP contribution in [0.25, 0.3) is 0 Å². The number of hydrogen-bond acceptors (Lipinski definition) is 4. The quantitative estimate of drug-likeness (QED) is 0.821. The van der Waals surface area contributed by atoms with Crippen molar-refractivity contribution < 1.29 is 19.1 Å². The molecular weight excluding hydrogens is 282 g/mol. The number of carbonyl (C=O) groups excluding carboxylic acids is 2. The third kappa shape index (κ3) is 6.61. The van der Waals surface area contributed by atoms with Crippen molar-refractivity contribution in [3.05, 3.63) is 29.8 Å². The van der Waals surface area contributed by atoms with Crippen LogP contribution in [0.4, 0.5) is 0 Å². The molecule has 1 aromatic rings. The molecule has 5 heteroatoms. The molecule has 0 radical (unpaired) electrons. The minimum atomic E-state index is -0.567. The van der Waals surface area contributed by atoms with Crippen molar-refractivity contribution in [1.82, 2.24) is 5.32 Å². The highest BCUT2D eigenvalue weighted by molar-refractivity contribution is 5.81. The molecule has 1 N–H and O–H groups in total. The van der Waals surface area contributed by atoms with Crippen LogP contribution in [0, 0.1) is 0 Å². The summed E-state index contributed by atoms with van der Waals surface area (Å²) >= 11 is 0. The maximum absolute atomic E-state index is 11.6. The number of para-hydroxylation sites is 1. The molecule has 0 saturated heterocycles. The van der Waals surface area contributed by atoms with Crippen LogP contribution in [0.5, 0.6) is 5.75 Å². The van der Waals surface area contributed by atoms with Gasteiger partial charge in [0.1, 0.15) is 5.75 Å². The first kappa shape index (κ1) is 18.0. The lowest BCUT2D eigenvalue weighted by molar-refractivity contribution is -0.150. The Kier molecular flexibility index (Phi) is 6.40. The molecule has 0 fully saturated rings. The Hall–Kier alpha value is -2.04. The first-order valence-corrected chi connectivity index (χ1v) is 7.37. The van der Waals surface area contributed by atoms with Crippen LogP contribution in [0.15, 0.2) is 24.3 Å². The highest BCUT2D eigenvalue weighted by Crippen LogP contribution is 2.25. The van der Waals surface area contributed by atoms with Gasteiger partial charge in [-0.15, -0.1) is 0 Å². The Labute approximate surface area is 132 Å². The molecule has 0 aromatic heterocycles. The highest BCUT2D eigenvalue weighted by atomic mass is 16.6. The SMILES string of the molecule is CC(C)c1ccccc1OCC(=O)OCC(=O)NC(C)(C)C. The van der Waals surface area contributed by atoms with Crippen molar-refractivity contribution in [3.63, 3.8) is 0 Å². The van der Waals surface area contributed by atoms with Gasteiger partial charge in [0.2, 0.25) is 0 Å². The number of benzene rings is 1. The van der Waals surface area contributed by atoms with Crippen molar-refractivity contribution in [2.24, 2.45) is 0 Å². The summed E-state index contributed by atoms with van der Waals surface area (Å²) in [6.45, 7) is 9.17. The summed E-state index contributed by atoms with van der Waals surface area (Å²) in [6, 6.07) is 7.55. The molecule has 22 heavy (non-hydrogen) atoms. The average molecular weight is 307 g/mol. The van der Waals surface area contributed by atoms with Crippen LogP contribution in [-0.2, 0) is 14.3 Å². The van der Waals surface area contributed by atoms with E-state index >= 15 is 0 Å². The number of ether oxygens (including phenoxy) is 2. The second-order valence-electron chi connectivity index (χ2n) is 6.44. The number of carbonyl (C=O) groups is 2. The molecule has 1 aromatic carbocycles. The van der Waals surface area contributed by atoms with E-state index in [4.69, 9.17) is 9.47 Å². The molecule has 0 heterocycles. The summed E-state index contributed by atoms with van der Waals surface area (Å²) in [5.74, 6) is 0.0597. The van der Waals surface area contributed by atoms with Crippen molar-refractivity contribution >= 4 is 11.9 Å². The van der Waals surface area contributed by atoms with E-state index in [-0.39, 0.29) is 24.7 Å². The van der Waals surface area contributed by atoms with Crippen LogP contribution < -0.4 is 10.1 Å². The van der Waals surface area contributed by atoms with Gasteiger partial charge >= 0.3 is 5.97 Å². The molecular formula is C17H25NO4. The zero-order valence-corrected chi connectivity index (χ0v) is 13.9. The fourth-order valence-corrected chi connectivity index (χ4v) is 1.87. The largest absolute Gasteiger partial charge is 0.482 e. The maximum atomic E-state index is 11.6. The van der Waals surface area contributed by atoms with Crippen LogP contribution in [0.1, 0.15) is 46.1 Å². The normalized spacial score (nSPS) is 11.2. The molecule has 0 saturated carbocycles. The van der Waals surface area contributed by atoms with Crippen LogP contribution >= 0.6 is 0 Å². The van der Waals surface area contributed by atoms with Gasteiger partial charge in [0, 0.05) is 5.54 Å². The minimum absolute atomic E-state index is 0.216. The zero-order valence-electron chi connectivity index (χ0n) is 13.9. The van der Waals surface area contributed by atoms with Crippen LogP contribution in [0.2, 0.25) is 0 Å². The molecule has 1 rings (SSSR count). The third-order valence-electron chi connectivity index (χ3n) is 2.77. The van der Waals surface area contributed by atoms with Gasteiger partial charge in [-0.25, -0.2) is 4.79 Å². The molecule has 1 amide bonds. The fraction of sp³-hybridized carbons (Fsp3) is 0.529. The van der Waals surface area contributed by atoms with Gasteiger partial charge in [-0.05, 0) is 38.3 Å². The Balaban J connectivity index is 2.43. The van der Waals surface area contributed by atoms with Crippen molar-refractivity contribution in [2.45, 2.75) is 46.1 Å². The summed E-state index contributed by atoms with van der Waals surface area (Å²) in [7, 11) is 0. The van der Waals surface area contributed by atoms with Gasteiger partial charge in [0.25, 0.3) is 5.91 Å². The van der Waals surface area contributed by atoms with Crippen molar-refractivity contribution in [3.8, 4) is 5.75 Å². The first-order valence-electron chi connectivity index (χ1n) is 7.37.